The number of carbonyl (C=O) groups excluding carboxylic acids is 1. The first-order valence-corrected chi connectivity index (χ1v) is 8.91. The van der Waals surface area contributed by atoms with Gasteiger partial charge in [0.05, 0.1) is 16.3 Å². The number of hydrogen-bond donors (Lipinski definition) is 1. The Morgan fingerprint density at radius 2 is 2.32 bits per heavy atom. The number of anilines is 1. The standard InChI is InChI=1S/C17H23N3OS/c1-3-9-20-10-5-4-6-14(20)16(21)19-17-18-13-8-7-12(2)11-15(13)22-17/h7-8,11,14H,3-6,9-10H2,1-2H3,(H,18,19,21). The predicted molar refractivity (Wildman–Crippen MR) is 92.5 cm³/mol. The molecule has 4 nitrogen and oxygen atoms in total. The lowest BCUT2D eigenvalue weighted by atomic mass is 10.0. The van der Waals surface area contributed by atoms with Crippen molar-refractivity contribution in [1.82, 2.24) is 9.88 Å². The molecule has 1 aromatic carbocycles. The predicted octanol–water partition coefficient (Wildman–Crippen LogP) is 3.81. The third kappa shape index (κ3) is 3.31. The lowest BCUT2D eigenvalue weighted by molar-refractivity contribution is -0.122. The van der Waals surface area contributed by atoms with E-state index in [-0.39, 0.29) is 11.9 Å². The van der Waals surface area contributed by atoms with Crippen LogP contribution < -0.4 is 5.32 Å². The molecule has 0 saturated carbocycles. The molecule has 5 heteroatoms. The molecule has 0 aliphatic carbocycles. The SMILES string of the molecule is CCCN1CCCCC1C(=O)Nc1nc2ccc(C)cc2s1. The van der Waals surface area contributed by atoms with Crippen molar-refractivity contribution in [1.29, 1.82) is 0 Å². The summed E-state index contributed by atoms with van der Waals surface area (Å²) in [6.07, 6.45) is 4.38. The minimum Gasteiger partial charge on any atom is -0.301 e. The minimum absolute atomic E-state index is 0.00227. The molecule has 2 heterocycles. The molecule has 1 unspecified atom stereocenters. The first-order valence-electron chi connectivity index (χ1n) is 8.09. The Hall–Kier alpha value is -1.46. The maximum Gasteiger partial charge on any atom is 0.243 e. The van der Waals surface area contributed by atoms with Crippen LogP contribution in [0.15, 0.2) is 18.2 Å². The van der Waals surface area contributed by atoms with E-state index in [0.717, 1.165) is 42.6 Å². The quantitative estimate of drug-likeness (QED) is 0.932. The van der Waals surface area contributed by atoms with Crippen molar-refractivity contribution in [2.75, 3.05) is 18.4 Å². The summed E-state index contributed by atoms with van der Waals surface area (Å²) in [7, 11) is 0. The monoisotopic (exact) mass is 317 g/mol. The summed E-state index contributed by atoms with van der Waals surface area (Å²) in [5.41, 5.74) is 2.18. The van der Waals surface area contributed by atoms with Gasteiger partial charge in [0.25, 0.3) is 0 Å². The molecule has 0 radical (unpaired) electrons. The number of aryl methyl sites for hydroxylation is 1. The van der Waals surface area contributed by atoms with Crippen molar-refractivity contribution in [3.8, 4) is 0 Å². The van der Waals surface area contributed by atoms with Crippen molar-refractivity contribution in [2.24, 2.45) is 0 Å². The van der Waals surface area contributed by atoms with Gasteiger partial charge in [0.2, 0.25) is 5.91 Å². The fourth-order valence-electron chi connectivity index (χ4n) is 3.12. The molecule has 1 atom stereocenters. The number of nitrogens with zero attached hydrogens (tertiary/aromatic N) is 2. The van der Waals surface area contributed by atoms with Crippen LogP contribution >= 0.6 is 11.3 Å². The second-order valence-corrected chi connectivity index (χ2v) is 7.06. The van der Waals surface area contributed by atoms with Crippen molar-refractivity contribution < 1.29 is 4.79 Å². The number of aromatic nitrogens is 1. The highest BCUT2D eigenvalue weighted by Crippen LogP contribution is 2.27. The Bertz CT molecular complexity index is 665. The maximum absolute atomic E-state index is 12.6. The van der Waals surface area contributed by atoms with Gasteiger partial charge in [-0.25, -0.2) is 4.98 Å². The van der Waals surface area contributed by atoms with Crippen molar-refractivity contribution in [3.63, 3.8) is 0 Å². The molecule has 22 heavy (non-hydrogen) atoms. The van der Waals surface area contributed by atoms with Crippen LogP contribution in [-0.2, 0) is 4.79 Å². The van der Waals surface area contributed by atoms with E-state index in [9.17, 15) is 4.79 Å². The van der Waals surface area contributed by atoms with Gasteiger partial charge in [-0.2, -0.15) is 0 Å². The van der Waals surface area contributed by atoms with Gasteiger partial charge in [-0.05, 0) is 57.0 Å². The second-order valence-electron chi connectivity index (χ2n) is 6.03. The zero-order valence-corrected chi connectivity index (χ0v) is 14.1. The number of likely N-dealkylation sites (tertiary alicyclic amines) is 1. The summed E-state index contributed by atoms with van der Waals surface area (Å²) in [5.74, 6) is 0.101. The highest BCUT2D eigenvalue weighted by molar-refractivity contribution is 7.22. The van der Waals surface area contributed by atoms with E-state index in [2.05, 4.69) is 41.2 Å². The molecule has 0 bridgehead atoms. The second kappa shape index (κ2) is 6.75. The van der Waals surface area contributed by atoms with Crippen molar-refractivity contribution in [3.05, 3.63) is 23.8 Å². The Balaban J connectivity index is 1.73. The fourth-order valence-corrected chi connectivity index (χ4v) is 4.08. The van der Waals surface area contributed by atoms with Crippen LogP contribution in [0.5, 0.6) is 0 Å². The van der Waals surface area contributed by atoms with E-state index in [4.69, 9.17) is 0 Å². The molecule has 1 N–H and O–H groups in total. The zero-order chi connectivity index (χ0) is 15.5. The summed E-state index contributed by atoms with van der Waals surface area (Å²) in [5, 5.41) is 3.75. The molecule has 1 fully saturated rings. The Morgan fingerprint density at radius 3 is 3.14 bits per heavy atom. The smallest absolute Gasteiger partial charge is 0.243 e. The Labute approximate surface area is 135 Å². The Morgan fingerprint density at radius 1 is 1.45 bits per heavy atom. The number of piperidine rings is 1. The molecule has 118 valence electrons. The lowest BCUT2D eigenvalue weighted by Gasteiger charge is -2.34. The molecular formula is C17H23N3OS. The maximum atomic E-state index is 12.6. The van der Waals surface area contributed by atoms with Gasteiger partial charge in [0.15, 0.2) is 5.13 Å². The van der Waals surface area contributed by atoms with Crippen LogP contribution in [0, 0.1) is 6.92 Å². The summed E-state index contributed by atoms with van der Waals surface area (Å²) < 4.78 is 1.13. The summed E-state index contributed by atoms with van der Waals surface area (Å²) >= 11 is 1.56. The first-order chi connectivity index (χ1) is 10.7. The third-order valence-corrected chi connectivity index (χ3v) is 5.13. The largest absolute Gasteiger partial charge is 0.301 e. The molecule has 1 saturated heterocycles. The molecule has 0 spiro atoms. The average molecular weight is 317 g/mol. The average Bonchev–Trinajstić information content (AvgIpc) is 2.89. The molecular weight excluding hydrogens is 294 g/mol. The van der Waals surface area contributed by atoms with Crippen molar-refractivity contribution >= 4 is 32.6 Å². The van der Waals surface area contributed by atoms with Gasteiger partial charge in [0, 0.05) is 0 Å². The number of benzene rings is 1. The van der Waals surface area contributed by atoms with Gasteiger partial charge < -0.3 is 5.32 Å². The van der Waals surface area contributed by atoms with E-state index in [1.165, 1.54) is 12.0 Å². The van der Waals surface area contributed by atoms with Gasteiger partial charge in [0.1, 0.15) is 0 Å². The van der Waals surface area contributed by atoms with Crippen LogP contribution in [0.1, 0.15) is 38.2 Å². The van der Waals surface area contributed by atoms with Gasteiger partial charge >= 0.3 is 0 Å². The number of thiazole rings is 1. The fraction of sp³-hybridized carbons (Fsp3) is 0.529. The normalized spacial score (nSPS) is 19.5. The number of hydrogen-bond acceptors (Lipinski definition) is 4. The number of carbonyl (C=O) groups is 1. The molecule has 1 aliphatic heterocycles. The van der Waals surface area contributed by atoms with Crippen LogP contribution in [0.3, 0.4) is 0 Å². The molecule has 2 aromatic rings. The van der Waals surface area contributed by atoms with Crippen LogP contribution in [-0.4, -0.2) is 34.9 Å². The highest BCUT2D eigenvalue weighted by Gasteiger charge is 2.28. The minimum atomic E-state index is 0.00227. The molecule has 1 aliphatic rings. The van der Waals surface area contributed by atoms with E-state index < -0.39 is 0 Å². The summed E-state index contributed by atoms with van der Waals surface area (Å²) in [6.45, 7) is 6.27. The number of amides is 1. The van der Waals surface area contributed by atoms with Crippen LogP contribution in [0.4, 0.5) is 5.13 Å². The van der Waals surface area contributed by atoms with Crippen LogP contribution in [0.2, 0.25) is 0 Å². The zero-order valence-electron chi connectivity index (χ0n) is 13.3. The summed E-state index contributed by atoms with van der Waals surface area (Å²) in [6, 6.07) is 6.19. The van der Waals surface area contributed by atoms with E-state index >= 15 is 0 Å². The van der Waals surface area contributed by atoms with Gasteiger partial charge in [-0.15, -0.1) is 0 Å². The number of rotatable bonds is 4. The Kier molecular flexibility index (Phi) is 4.74. The highest BCUT2D eigenvalue weighted by atomic mass is 32.1. The van der Waals surface area contributed by atoms with E-state index in [1.54, 1.807) is 11.3 Å². The summed E-state index contributed by atoms with van der Waals surface area (Å²) in [4.78, 5) is 19.5. The first kappa shape index (κ1) is 15.4. The topological polar surface area (TPSA) is 45.2 Å². The lowest BCUT2D eigenvalue weighted by Crippen LogP contribution is -2.47. The third-order valence-electron chi connectivity index (χ3n) is 4.20. The molecule has 1 amide bonds. The van der Waals surface area contributed by atoms with Gasteiger partial charge in [-0.3, -0.25) is 9.69 Å². The number of fused-ring (bicyclic) bond motifs is 1. The number of nitrogens with one attached hydrogen (secondary N) is 1. The molecule has 3 rings (SSSR count). The van der Waals surface area contributed by atoms with Crippen LogP contribution in [0.25, 0.3) is 10.2 Å². The van der Waals surface area contributed by atoms with Gasteiger partial charge in [-0.1, -0.05) is 30.7 Å². The van der Waals surface area contributed by atoms with Crippen molar-refractivity contribution in [2.45, 2.75) is 45.6 Å². The van der Waals surface area contributed by atoms with E-state index in [0.29, 0.717) is 5.13 Å². The van der Waals surface area contributed by atoms with E-state index in [1.807, 2.05) is 6.07 Å². The molecule has 1 aromatic heterocycles.